The molecule has 0 spiro atoms. The van der Waals surface area contributed by atoms with Crippen LogP contribution in [0.3, 0.4) is 0 Å². The third-order valence-electron chi connectivity index (χ3n) is 4.69. The van der Waals surface area contributed by atoms with Gasteiger partial charge in [-0.15, -0.1) is 0 Å². The number of hydrogen-bond donors (Lipinski definition) is 0. The maximum atomic E-state index is 6.34. The van der Waals surface area contributed by atoms with Crippen molar-refractivity contribution in [3.63, 3.8) is 0 Å². The van der Waals surface area contributed by atoms with E-state index in [9.17, 15) is 0 Å². The van der Waals surface area contributed by atoms with E-state index in [1.165, 1.54) is 11.1 Å². The number of aliphatic imine (C=N–C) groups is 1. The quantitative estimate of drug-likeness (QED) is 0.625. The highest BCUT2D eigenvalue weighted by Crippen LogP contribution is 2.39. The molecule has 25 heavy (non-hydrogen) atoms. The predicted molar refractivity (Wildman–Crippen MR) is 106 cm³/mol. The predicted octanol–water partition coefficient (Wildman–Crippen LogP) is 6.36. The molecule has 0 saturated heterocycles. The Morgan fingerprint density at radius 2 is 1.92 bits per heavy atom. The summed E-state index contributed by atoms with van der Waals surface area (Å²) in [5, 5.41) is 0.773. The first-order chi connectivity index (χ1) is 11.9. The molecule has 0 fully saturated rings. The minimum absolute atomic E-state index is 0.103. The largest absolute Gasteiger partial charge is 0.494 e. The summed E-state index contributed by atoms with van der Waals surface area (Å²) in [4.78, 5) is 4.98. The Labute approximate surface area is 155 Å². The molecule has 0 bridgehead atoms. The molecule has 0 radical (unpaired) electrons. The average Bonchev–Trinajstić information content (AvgIpc) is 3.04. The van der Waals surface area contributed by atoms with Crippen LogP contribution >= 0.6 is 11.6 Å². The van der Waals surface area contributed by atoms with Gasteiger partial charge < -0.3 is 4.74 Å². The lowest BCUT2D eigenvalue weighted by Crippen LogP contribution is -2.12. The van der Waals surface area contributed by atoms with Crippen molar-refractivity contribution in [3.8, 4) is 5.75 Å². The van der Waals surface area contributed by atoms with Crippen LogP contribution in [-0.4, -0.2) is 12.3 Å². The fraction of sp³-hybridized carbons (Fsp3) is 0.409. The van der Waals surface area contributed by atoms with Crippen LogP contribution in [0.15, 0.2) is 47.5 Å². The molecule has 0 N–H and O–H groups in total. The fourth-order valence-electron chi connectivity index (χ4n) is 3.27. The summed E-state index contributed by atoms with van der Waals surface area (Å²) in [6.07, 6.45) is 1.94. The highest BCUT2D eigenvalue weighted by molar-refractivity contribution is 6.34. The number of rotatable bonds is 4. The first-order valence-electron chi connectivity index (χ1n) is 8.99. The molecule has 3 heteroatoms. The van der Waals surface area contributed by atoms with Crippen molar-refractivity contribution in [3.05, 3.63) is 64.2 Å². The maximum absolute atomic E-state index is 6.34. The Hall–Kier alpha value is -1.80. The van der Waals surface area contributed by atoms with E-state index in [2.05, 4.69) is 45.0 Å². The Bertz CT molecular complexity index is 789. The van der Waals surface area contributed by atoms with Gasteiger partial charge in [-0.2, -0.15) is 0 Å². The van der Waals surface area contributed by atoms with Crippen LogP contribution in [-0.2, 0) is 5.41 Å². The molecule has 1 aliphatic rings. The molecule has 2 nitrogen and oxygen atoms in total. The van der Waals surface area contributed by atoms with Gasteiger partial charge in [0.15, 0.2) is 0 Å². The normalized spacial score (nSPS) is 17.5. The van der Waals surface area contributed by atoms with E-state index in [-0.39, 0.29) is 11.5 Å². The first-order valence-corrected chi connectivity index (χ1v) is 9.36. The Balaban J connectivity index is 1.95. The van der Waals surface area contributed by atoms with E-state index >= 15 is 0 Å². The van der Waals surface area contributed by atoms with Gasteiger partial charge in [0.2, 0.25) is 0 Å². The number of halogens is 1. The first kappa shape index (κ1) is 18.0. The van der Waals surface area contributed by atoms with Crippen LogP contribution in [0.25, 0.3) is 0 Å². The summed E-state index contributed by atoms with van der Waals surface area (Å²) in [5.41, 5.74) is 4.71. The lowest BCUT2D eigenvalue weighted by atomic mass is 9.85. The second kappa shape index (κ2) is 7.21. The van der Waals surface area contributed by atoms with Crippen molar-refractivity contribution < 1.29 is 4.74 Å². The molecule has 0 aliphatic carbocycles. The molecule has 0 amide bonds. The van der Waals surface area contributed by atoms with Crippen molar-refractivity contribution >= 4 is 17.3 Å². The van der Waals surface area contributed by atoms with Crippen LogP contribution in [0.5, 0.6) is 5.75 Å². The molecule has 132 valence electrons. The van der Waals surface area contributed by atoms with Crippen molar-refractivity contribution in [1.82, 2.24) is 0 Å². The summed E-state index contributed by atoms with van der Waals surface area (Å²) >= 11 is 6.34. The second-order valence-electron chi connectivity index (χ2n) is 7.55. The zero-order valence-electron chi connectivity index (χ0n) is 15.5. The second-order valence-corrected chi connectivity index (χ2v) is 7.95. The van der Waals surface area contributed by atoms with Crippen LogP contribution in [0.1, 0.15) is 63.3 Å². The van der Waals surface area contributed by atoms with Gasteiger partial charge in [-0.25, -0.2) is 0 Å². The van der Waals surface area contributed by atoms with Gasteiger partial charge in [-0.05, 0) is 42.9 Å². The Morgan fingerprint density at radius 3 is 2.60 bits per heavy atom. The summed E-state index contributed by atoms with van der Waals surface area (Å²) in [6.45, 7) is 9.36. The van der Waals surface area contributed by atoms with Crippen LogP contribution < -0.4 is 4.74 Å². The van der Waals surface area contributed by atoms with Gasteiger partial charge in [0.25, 0.3) is 0 Å². The number of ether oxygens (including phenoxy) is 1. The van der Waals surface area contributed by atoms with Gasteiger partial charge in [-0.3, -0.25) is 4.99 Å². The van der Waals surface area contributed by atoms with Gasteiger partial charge in [0, 0.05) is 21.9 Å². The minimum atomic E-state index is 0.103. The molecule has 0 saturated carbocycles. The van der Waals surface area contributed by atoms with Gasteiger partial charge in [-0.1, -0.05) is 62.7 Å². The summed E-state index contributed by atoms with van der Waals surface area (Å²) < 4.78 is 5.95. The molecule has 2 aromatic carbocycles. The average molecular weight is 356 g/mol. The molecule has 1 unspecified atom stereocenters. The molecule has 1 aliphatic heterocycles. The van der Waals surface area contributed by atoms with Crippen molar-refractivity contribution in [1.29, 1.82) is 0 Å². The van der Waals surface area contributed by atoms with E-state index < -0.39 is 0 Å². The van der Waals surface area contributed by atoms with E-state index in [0.717, 1.165) is 34.9 Å². The van der Waals surface area contributed by atoms with E-state index in [0.29, 0.717) is 6.61 Å². The zero-order valence-corrected chi connectivity index (χ0v) is 16.2. The molecular weight excluding hydrogens is 330 g/mol. The number of nitrogens with zero attached hydrogens (tertiary/aromatic N) is 1. The summed E-state index contributed by atoms with van der Waals surface area (Å²) in [7, 11) is 0. The van der Waals surface area contributed by atoms with Gasteiger partial charge >= 0.3 is 0 Å². The van der Waals surface area contributed by atoms with Crippen LogP contribution in [0, 0.1) is 0 Å². The molecule has 1 atom stereocenters. The smallest absolute Gasteiger partial charge is 0.124 e. The molecular formula is C22H26ClNO. The van der Waals surface area contributed by atoms with Crippen molar-refractivity contribution in [2.75, 3.05) is 6.61 Å². The molecule has 2 aromatic rings. The third-order valence-corrected chi connectivity index (χ3v) is 5.02. The highest BCUT2D eigenvalue weighted by Gasteiger charge is 2.25. The molecule has 3 rings (SSSR count). The van der Waals surface area contributed by atoms with E-state index in [1.54, 1.807) is 0 Å². The maximum Gasteiger partial charge on any atom is 0.124 e. The van der Waals surface area contributed by atoms with E-state index in [4.69, 9.17) is 21.3 Å². The number of benzene rings is 2. The fourth-order valence-corrected chi connectivity index (χ4v) is 3.52. The summed E-state index contributed by atoms with van der Waals surface area (Å²) in [5.74, 6) is 0.962. The highest BCUT2D eigenvalue weighted by atomic mass is 35.5. The van der Waals surface area contributed by atoms with E-state index in [1.807, 2.05) is 25.1 Å². The lowest BCUT2D eigenvalue weighted by Gasteiger charge is -2.22. The Kier molecular flexibility index (Phi) is 5.19. The summed E-state index contributed by atoms with van der Waals surface area (Å²) in [6, 6.07) is 14.7. The monoisotopic (exact) mass is 355 g/mol. The van der Waals surface area contributed by atoms with Crippen LogP contribution in [0.4, 0.5) is 0 Å². The number of hydrogen-bond acceptors (Lipinski definition) is 2. The van der Waals surface area contributed by atoms with Gasteiger partial charge in [0.1, 0.15) is 5.75 Å². The zero-order chi connectivity index (χ0) is 18.0. The van der Waals surface area contributed by atoms with Crippen molar-refractivity contribution in [2.24, 2.45) is 4.99 Å². The molecule has 1 heterocycles. The van der Waals surface area contributed by atoms with Gasteiger partial charge in [0.05, 0.1) is 12.6 Å². The Morgan fingerprint density at radius 1 is 1.16 bits per heavy atom. The van der Waals surface area contributed by atoms with Crippen LogP contribution in [0.2, 0.25) is 5.02 Å². The standard InChI is InChI=1S/C22H26ClNO/c1-5-25-21-14-15(22(2,3)4)10-11-17(21)20-13-12-19(24-20)16-8-6-7-9-18(16)23/h6-11,14,20H,5,12-13H2,1-4H3. The minimum Gasteiger partial charge on any atom is -0.494 e. The lowest BCUT2D eigenvalue weighted by molar-refractivity contribution is 0.333. The SMILES string of the molecule is CCOc1cc(C(C)(C)C)ccc1C1CCC(c2ccccc2Cl)=N1. The third kappa shape index (κ3) is 3.90. The van der Waals surface area contributed by atoms with Crippen molar-refractivity contribution in [2.45, 2.75) is 52.0 Å². The topological polar surface area (TPSA) is 21.6 Å². The molecule has 0 aromatic heterocycles.